The molecule has 2 rings (SSSR count). The molecule has 0 spiro atoms. The Morgan fingerprint density at radius 2 is 1.95 bits per heavy atom. The van der Waals surface area contributed by atoms with Crippen LogP contribution in [-0.4, -0.2) is 11.3 Å². The molecule has 2 unspecified atom stereocenters. The second kappa shape index (κ2) is 5.49. The molecule has 2 atom stereocenters. The van der Waals surface area contributed by atoms with E-state index in [-0.39, 0.29) is 5.41 Å². The van der Waals surface area contributed by atoms with Gasteiger partial charge in [0.25, 0.3) is 0 Å². The molecule has 0 saturated carbocycles. The van der Waals surface area contributed by atoms with Crippen LogP contribution in [-0.2, 0) is 5.41 Å². The van der Waals surface area contributed by atoms with Gasteiger partial charge in [-0.3, -0.25) is 0 Å². The van der Waals surface area contributed by atoms with Crippen molar-refractivity contribution in [1.29, 1.82) is 0 Å². The Labute approximate surface area is 122 Å². The molecule has 0 amide bonds. The summed E-state index contributed by atoms with van der Waals surface area (Å²) in [6.45, 7) is 13.7. The first kappa shape index (κ1) is 14.9. The van der Waals surface area contributed by atoms with Crippen molar-refractivity contribution in [2.45, 2.75) is 75.6 Å². The summed E-state index contributed by atoms with van der Waals surface area (Å²) in [5.74, 6) is 0. The van der Waals surface area contributed by atoms with E-state index in [1.165, 1.54) is 22.4 Å². The summed E-state index contributed by atoms with van der Waals surface area (Å²) in [4.78, 5) is 1.46. The van der Waals surface area contributed by atoms with E-state index in [0.717, 1.165) is 0 Å². The van der Waals surface area contributed by atoms with E-state index in [0.29, 0.717) is 17.3 Å². The molecule has 0 aliphatic carbocycles. The van der Waals surface area contributed by atoms with Gasteiger partial charge < -0.3 is 5.32 Å². The normalized spacial score (nSPS) is 23.5. The first-order valence-corrected chi connectivity index (χ1v) is 8.22. The third-order valence-corrected chi connectivity index (χ3v) is 4.90. The van der Waals surface area contributed by atoms with Crippen molar-refractivity contribution < 1.29 is 0 Å². The fourth-order valence-corrected chi connectivity index (χ4v) is 3.88. The van der Waals surface area contributed by atoms with E-state index in [1.807, 2.05) is 11.8 Å². The summed E-state index contributed by atoms with van der Waals surface area (Å²) in [7, 11) is 0. The van der Waals surface area contributed by atoms with Crippen molar-refractivity contribution in [2.75, 3.05) is 0 Å². The fourth-order valence-electron chi connectivity index (χ4n) is 2.68. The molecule has 0 saturated heterocycles. The number of rotatable bonds is 2. The molecule has 2 heteroatoms. The van der Waals surface area contributed by atoms with Gasteiger partial charge in [-0.15, -0.1) is 11.8 Å². The van der Waals surface area contributed by atoms with Crippen LogP contribution < -0.4 is 5.32 Å². The highest BCUT2D eigenvalue weighted by Crippen LogP contribution is 2.42. The maximum Gasteiger partial charge on any atom is 0.0344 e. The van der Waals surface area contributed by atoms with Crippen molar-refractivity contribution in [1.82, 2.24) is 5.32 Å². The van der Waals surface area contributed by atoms with E-state index >= 15 is 0 Å². The molecular formula is C17H27NS. The van der Waals surface area contributed by atoms with E-state index in [9.17, 15) is 0 Å². The third kappa shape index (κ3) is 3.55. The van der Waals surface area contributed by atoms with E-state index in [4.69, 9.17) is 0 Å². The van der Waals surface area contributed by atoms with Gasteiger partial charge in [0.2, 0.25) is 0 Å². The molecule has 0 fully saturated rings. The van der Waals surface area contributed by atoms with Crippen molar-refractivity contribution in [3.8, 4) is 0 Å². The van der Waals surface area contributed by atoms with E-state index < -0.39 is 0 Å². The van der Waals surface area contributed by atoms with Gasteiger partial charge in [-0.25, -0.2) is 0 Å². The van der Waals surface area contributed by atoms with Gasteiger partial charge in [0, 0.05) is 22.2 Å². The number of hydrogen-bond acceptors (Lipinski definition) is 2. The van der Waals surface area contributed by atoms with Crippen molar-refractivity contribution in [3.05, 3.63) is 29.3 Å². The summed E-state index contributed by atoms with van der Waals surface area (Å²) in [5.41, 5.74) is 3.17. The van der Waals surface area contributed by atoms with Crippen LogP contribution in [0.15, 0.2) is 23.1 Å². The standard InChI is InChI=1S/C17H27NS/c1-11(2)18-15-9-12(3)19-16-8-7-13(10-14(15)16)17(4,5)6/h7-8,10-12,15,18H,9H2,1-6H3. The zero-order valence-corrected chi connectivity index (χ0v) is 13.9. The van der Waals surface area contributed by atoms with Crippen molar-refractivity contribution in [2.24, 2.45) is 0 Å². The lowest BCUT2D eigenvalue weighted by molar-refractivity contribution is 0.440. The molecule has 1 nitrogen and oxygen atoms in total. The van der Waals surface area contributed by atoms with Crippen LogP contribution in [0, 0.1) is 0 Å². The Balaban J connectivity index is 2.38. The van der Waals surface area contributed by atoms with E-state index in [2.05, 4.69) is 65.1 Å². The smallest absolute Gasteiger partial charge is 0.0344 e. The van der Waals surface area contributed by atoms with Gasteiger partial charge in [0.1, 0.15) is 0 Å². The first-order chi connectivity index (χ1) is 8.77. The molecule has 19 heavy (non-hydrogen) atoms. The van der Waals surface area contributed by atoms with Crippen LogP contribution in [0.25, 0.3) is 0 Å². The van der Waals surface area contributed by atoms with Gasteiger partial charge in [-0.1, -0.05) is 53.7 Å². The Morgan fingerprint density at radius 3 is 2.53 bits per heavy atom. The Hall–Kier alpha value is -0.470. The predicted octanol–water partition coefficient (Wildman–Crippen LogP) is 4.91. The molecule has 1 aliphatic rings. The lowest BCUT2D eigenvalue weighted by Crippen LogP contribution is -2.32. The SMILES string of the molecule is CC(C)NC1CC(C)Sc2ccc(C(C)(C)C)cc21. The molecule has 106 valence electrons. The van der Waals surface area contributed by atoms with Gasteiger partial charge in [0.15, 0.2) is 0 Å². The zero-order chi connectivity index (χ0) is 14.2. The lowest BCUT2D eigenvalue weighted by atomic mass is 9.85. The molecule has 0 radical (unpaired) electrons. The number of benzene rings is 1. The Morgan fingerprint density at radius 1 is 1.26 bits per heavy atom. The van der Waals surface area contributed by atoms with Gasteiger partial charge >= 0.3 is 0 Å². The monoisotopic (exact) mass is 277 g/mol. The maximum atomic E-state index is 3.73. The summed E-state index contributed by atoms with van der Waals surface area (Å²) in [5, 5.41) is 4.43. The van der Waals surface area contributed by atoms with Gasteiger partial charge in [0.05, 0.1) is 0 Å². The molecule has 0 aromatic heterocycles. The summed E-state index contributed by atoms with van der Waals surface area (Å²) >= 11 is 2.02. The van der Waals surface area contributed by atoms with Gasteiger partial charge in [-0.05, 0) is 29.0 Å². The van der Waals surface area contributed by atoms with Gasteiger partial charge in [-0.2, -0.15) is 0 Å². The van der Waals surface area contributed by atoms with Crippen LogP contribution in [0.5, 0.6) is 0 Å². The molecule has 1 aliphatic heterocycles. The van der Waals surface area contributed by atoms with Crippen molar-refractivity contribution in [3.63, 3.8) is 0 Å². The Kier molecular flexibility index (Phi) is 4.32. The molecule has 1 heterocycles. The molecule has 0 bridgehead atoms. The topological polar surface area (TPSA) is 12.0 Å². The zero-order valence-electron chi connectivity index (χ0n) is 13.1. The Bertz CT molecular complexity index is 445. The van der Waals surface area contributed by atoms with Crippen LogP contribution in [0.1, 0.15) is 65.1 Å². The minimum atomic E-state index is 0.227. The molecule has 1 N–H and O–H groups in total. The molecule has 1 aromatic carbocycles. The summed E-state index contributed by atoms with van der Waals surface area (Å²) in [6, 6.07) is 8.09. The molecule has 1 aromatic rings. The number of thioether (sulfide) groups is 1. The number of fused-ring (bicyclic) bond motifs is 1. The average Bonchev–Trinajstić information content (AvgIpc) is 2.26. The van der Waals surface area contributed by atoms with Crippen LogP contribution in [0.2, 0.25) is 0 Å². The predicted molar refractivity (Wildman–Crippen MR) is 86.1 cm³/mol. The van der Waals surface area contributed by atoms with E-state index in [1.54, 1.807) is 0 Å². The second-order valence-corrected chi connectivity index (χ2v) is 8.52. The highest BCUT2D eigenvalue weighted by atomic mass is 32.2. The highest BCUT2D eigenvalue weighted by Gasteiger charge is 2.27. The fraction of sp³-hybridized carbons (Fsp3) is 0.647. The van der Waals surface area contributed by atoms with Crippen LogP contribution in [0.4, 0.5) is 0 Å². The molecular weight excluding hydrogens is 250 g/mol. The highest BCUT2D eigenvalue weighted by molar-refractivity contribution is 8.00. The number of hydrogen-bond donors (Lipinski definition) is 1. The van der Waals surface area contributed by atoms with Crippen molar-refractivity contribution >= 4 is 11.8 Å². The quantitative estimate of drug-likeness (QED) is 0.824. The summed E-state index contributed by atoms with van der Waals surface area (Å²) in [6.07, 6.45) is 1.23. The average molecular weight is 277 g/mol. The lowest BCUT2D eigenvalue weighted by Gasteiger charge is -2.33. The van der Waals surface area contributed by atoms with Crippen LogP contribution in [0.3, 0.4) is 0 Å². The minimum Gasteiger partial charge on any atom is -0.308 e. The third-order valence-electron chi connectivity index (χ3n) is 3.68. The maximum absolute atomic E-state index is 3.73. The second-order valence-electron chi connectivity index (χ2n) is 7.04. The first-order valence-electron chi connectivity index (χ1n) is 7.34. The summed E-state index contributed by atoms with van der Waals surface area (Å²) < 4.78 is 0. The largest absolute Gasteiger partial charge is 0.308 e. The number of nitrogens with one attached hydrogen (secondary N) is 1. The minimum absolute atomic E-state index is 0.227. The van der Waals surface area contributed by atoms with Crippen LogP contribution >= 0.6 is 11.8 Å².